The van der Waals surface area contributed by atoms with E-state index in [2.05, 4.69) is 15.3 Å². The topological polar surface area (TPSA) is 107 Å². The van der Waals surface area contributed by atoms with E-state index in [9.17, 15) is 14.0 Å². The first kappa shape index (κ1) is 21.1. The summed E-state index contributed by atoms with van der Waals surface area (Å²) >= 11 is 0. The third kappa shape index (κ3) is 4.26. The van der Waals surface area contributed by atoms with Gasteiger partial charge in [0.05, 0.1) is 34.8 Å². The van der Waals surface area contributed by atoms with Crippen LogP contribution < -0.4 is 5.32 Å². The number of hydrogen-bond donors (Lipinski definition) is 1. The fourth-order valence-corrected chi connectivity index (χ4v) is 3.31. The molecule has 0 unspecified atom stereocenters. The Bertz CT molecular complexity index is 1480. The number of aromatic nitrogens is 2. The number of esters is 1. The number of hydrogen-bond acceptors (Lipinski definition) is 7. The Morgan fingerprint density at radius 2 is 1.53 bits per heavy atom. The molecule has 8 nitrogen and oxygen atoms in total. The lowest BCUT2D eigenvalue weighted by Gasteiger charge is -2.09. The number of furan rings is 2. The van der Waals surface area contributed by atoms with Crippen LogP contribution in [-0.4, -0.2) is 28.5 Å². The molecule has 0 aliphatic carbocycles. The zero-order valence-corrected chi connectivity index (χ0v) is 17.5. The molecule has 0 aliphatic heterocycles. The van der Waals surface area contributed by atoms with Crippen LogP contribution in [0.25, 0.3) is 33.9 Å². The second-order valence-corrected chi connectivity index (χ2v) is 7.18. The van der Waals surface area contributed by atoms with E-state index in [4.69, 9.17) is 13.6 Å². The van der Waals surface area contributed by atoms with E-state index in [-0.39, 0.29) is 11.3 Å². The molecular weight excluding hydrogens is 441 g/mol. The Morgan fingerprint density at radius 1 is 0.853 bits per heavy atom. The van der Waals surface area contributed by atoms with Gasteiger partial charge in [0, 0.05) is 0 Å². The van der Waals surface area contributed by atoms with E-state index in [0.717, 1.165) is 0 Å². The number of halogens is 1. The standard InChI is InChI=1S/C25H16FN3O5/c26-16-5-1-2-6-17(16)27-22(30)14-34-25(31)15-9-10-18-19(13-15)29-24(21-8-4-12-33-21)23(28-18)20-7-3-11-32-20/h1-13H,14H2,(H,27,30). The molecule has 3 aromatic heterocycles. The molecule has 168 valence electrons. The number of rotatable bonds is 6. The summed E-state index contributed by atoms with van der Waals surface area (Å²) in [5.74, 6) is -0.982. The minimum absolute atomic E-state index is 0.00217. The molecule has 3 heterocycles. The average Bonchev–Trinajstić information content (AvgIpc) is 3.57. The van der Waals surface area contributed by atoms with Gasteiger partial charge in [-0.05, 0) is 54.6 Å². The number of anilines is 1. The SMILES string of the molecule is O=C(COC(=O)c1ccc2nc(-c3ccco3)c(-c3ccco3)nc2c1)Nc1ccccc1F. The highest BCUT2D eigenvalue weighted by Crippen LogP contribution is 2.31. The zero-order valence-electron chi connectivity index (χ0n) is 17.5. The number of amides is 1. The number of benzene rings is 2. The summed E-state index contributed by atoms with van der Waals surface area (Å²) in [6, 6.07) is 17.3. The van der Waals surface area contributed by atoms with Gasteiger partial charge in [-0.3, -0.25) is 4.79 Å². The minimum Gasteiger partial charge on any atom is -0.463 e. The molecule has 5 aromatic rings. The third-order valence-corrected chi connectivity index (χ3v) is 4.89. The van der Waals surface area contributed by atoms with E-state index in [1.54, 1.807) is 36.4 Å². The van der Waals surface area contributed by atoms with Crippen LogP contribution in [0.1, 0.15) is 10.4 Å². The molecule has 0 spiro atoms. The molecule has 0 atom stereocenters. The van der Waals surface area contributed by atoms with E-state index in [1.807, 2.05) is 0 Å². The average molecular weight is 457 g/mol. The van der Waals surface area contributed by atoms with Gasteiger partial charge in [-0.15, -0.1) is 0 Å². The van der Waals surface area contributed by atoms with E-state index in [1.165, 1.54) is 42.9 Å². The van der Waals surface area contributed by atoms with Crippen molar-refractivity contribution in [1.29, 1.82) is 0 Å². The van der Waals surface area contributed by atoms with Crippen LogP contribution in [0, 0.1) is 5.82 Å². The van der Waals surface area contributed by atoms with Crippen LogP contribution in [0.2, 0.25) is 0 Å². The summed E-state index contributed by atoms with van der Waals surface area (Å²) in [5.41, 5.74) is 2.07. The first-order valence-electron chi connectivity index (χ1n) is 10.2. The highest BCUT2D eigenvalue weighted by Gasteiger charge is 2.19. The van der Waals surface area contributed by atoms with Crippen molar-refractivity contribution < 1.29 is 27.6 Å². The fourth-order valence-electron chi connectivity index (χ4n) is 3.31. The summed E-state index contributed by atoms with van der Waals surface area (Å²) in [6.07, 6.45) is 3.06. The normalized spacial score (nSPS) is 10.9. The molecule has 34 heavy (non-hydrogen) atoms. The van der Waals surface area contributed by atoms with E-state index >= 15 is 0 Å². The third-order valence-electron chi connectivity index (χ3n) is 4.89. The Morgan fingerprint density at radius 3 is 2.18 bits per heavy atom. The molecule has 2 aromatic carbocycles. The van der Waals surface area contributed by atoms with Crippen molar-refractivity contribution in [3.8, 4) is 22.9 Å². The molecule has 1 amide bonds. The summed E-state index contributed by atoms with van der Waals surface area (Å²) < 4.78 is 29.7. The molecular formula is C25H16FN3O5. The van der Waals surface area contributed by atoms with Crippen LogP contribution >= 0.6 is 0 Å². The van der Waals surface area contributed by atoms with Gasteiger partial charge in [0.25, 0.3) is 5.91 Å². The van der Waals surface area contributed by atoms with E-state index < -0.39 is 24.3 Å². The van der Waals surface area contributed by atoms with Crippen LogP contribution in [0.4, 0.5) is 10.1 Å². The second kappa shape index (κ2) is 8.99. The lowest BCUT2D eigenvalue weighted by molar-refractivity contribution is -0.119. The fraction of sp³-hybridized carbons (Fsp3) is 0.0400. The van der Waals surface area contributed by atoms with Gasteiger partial charge in [0.1, 0.15) is 17.2 Å². The van der Waals surface area contributed by atoms with Gasteiger partial charge < -0.3 is 18.9 Å². The quantitative estimate of drug-likeness (QED) is 0.354. The molecule has 0 aliphatic rings. The first-order chi connectivity index (χ1) is 16.6. The Kier molecular flexibility index (Phi) is 5.57. The predicted octanol–water partition coefficient (Wildman–Crippen LogP) is 5.08. The minimum atomic E-state index is -0.734. The van der Waals surface area contributed by atoms with Crippen LogP contribution in [0.15, 0.2) is 88.1 Å². The second-order valence-electron chi connectivity index (χ2n) is 7.18. The predicted molar refractivity (Wildman–Crippen MR) is 120 cm³/mol. The zero-order chi connectivity index (χ0) is 23.5. The van der Waals surface area contributed by atoms with Gasteiger partial charge in [0.2, 0.25) is 0 Å². The van der Waals surface area contributed by atoms with Gasteiger partial charge in [0.15, 0.2) is 18.1 Å². The van der Waals surface area contributed by atoms with Crippen LogP contribution in [0.3, 0.4) is 0 Å². The molecule has 0 saturated heterocycles. The number of fused-ring (bicyclic) bond motifs is 1. The van der Waals surface area contributed by atoms with Crippen molar-refractivity contribution >= 4 is 28.6 Å². The molecule has 0 bridgehead atoms. The maximum atomic E-state index is 13.7. The lowest BCUT2D eigenvalue weighted by Crippen LogP contribution is -2.21. The number of carbonyl (C=O) groups is 2. The van der Waals surface area contributed by atoms with Crippen LogP contribution in [0.5, 0.6) is 0 Å². The number of ether oxygens (including phenoxy) is 1. The molecule has 1 N–H and O–H groups in total. The maximum Gasteiger partial charge on any atom is 0.338 e. The Labute approximate surface area is 192 Å². The lowest BCUT2D eigenvalue weighted by atomic mass is 10.1. The van der Waals surface area contributed by atoms with Gasteiger partial charge >= 0.3 is 5.97 Å². The van der Waals surface area contributed by atoms with Crippen molar-refractivity contribution in [2.24, 2.45) is 0 Å². The van der Waals surface area contributed by atoms with Crippen molar-refractivity contribution in [1.82, 2.24) is 9.97 Å². The summed E-state index contributed by atoms with van der Waals surface area (Å²) in [4.78, 5) is 33.8. The summed E-state index contributed by atoms with van der Waals surface area (Å²) in [5, 5.41) is 2.36. The van der Waals surface area contributed by atoms with Crippen molar-refractivity contribution in [3.05, 3.63) is 90.6 Å². The molecule has 5 rings (SSSR count). The number of nitrogens with zero attached hydrogens (tertiary/aromatic N) is 2. The molecule has 9 heteroatoms. The number of carbonyl (C=O) groups excluding carboxylic acids is 2. The molecule has 0 saturated carbocycles. The Hall–Kier alpha value is -4.79. The molecule has 0 radical (unpaired) electrons. The number of nitrogens with one attached hydrogen (secondary N) is 1. The van der Waals surface area contributed by atoms with Crippen molar-refractivity contribution in [3.63, 3.8) is 0 Å². The highest BCUT2D eigenvalue weighted by atomic mass is 19.1. The summed E-state index contributed by atoms with van der Waals surface area (Å²) in [6.45, 7) is -0.577. The Balaban J connectivity index is 1.38. The number of para-hydroxylation sites is 1. The maximum absolute atomic E-state index is 13.7. The largest absolute Gasteiger partial charge is 0.463 e. The van der Waals surface area contributed by atoms with Crippen molar-refractivity contribution in [2.75, 3.05) is 11.9 Å². The van der Waals surface area contributed by atoms with E-state index in [0.29, 0.717) is 33.9 Å². The van der Waals surface area contributed by atoms with Crippen LogP contribution in [-0.2, 0) is 9.53 Å². The monoisotopic (exact) mass is 457 g/mol. The summed E-state index contributed by atoms with van der Waals surface area (Å²) in [7, 11) is 0. The smallest absolute Gasteiger partial charge is 0.338 e. The van der Waals surface area contributed by atoms with Gasteiger partial charge in [-0.1, -0.05) is 12.1 Å². The highest BCUT2D eigenvalue weighted by molar-refractivity contribution is 5.97. The first-order valence-corrected chi connectivity index (χ1v) is 10.2. The van der Waals surface area contributed by atoms with Gasteiger partial charge in [-0.25, -0.2) is 19.2 Å². The molecule has 0 fully saturated rings. The van der Waals surface area contributed by atoms with Gasteiger partial charge in [-0.2, -0.15) is 0 Å². The van der Waals surface area contributed by atoms with Crippen molar-refractivity contribution in [2.45, 2.75) is 0 Å².